The lowest BCUT2D eigenvalue weighted by Gasteiger charge is -2.27. The Morgan fingerprint density at radius 2 is 2.00 bits per heavy atom. The van der Waals surface area contributed by atoms with Crippen molar-refractivity contribution in [2.24, 2.45) is 11.7 Å². The first-order valence-corrected chi connectivity index (χ1v) is 5.95. The lowest BCUT2D eigenvalue weighted by molar-refractivity contribution is -0.122. The maximum atomic E-state index is 11.0. The second kappa shape index (κ2) is 7.60. The van der Waals surface area contributed by atoms with Gasteiger partial charge in [0, 0.05) is 18.5 Å². The normalized spacial score (nSPS) is 25.6. The Balaban J connectivity index is 2.02. The van der Waals surface area contributed by atoms with Gasteiger partial charge in [-0.25, -0.2) is 0 Å². The molecule has 0 radical (unpaired) electrons. The Morgan fingerprint density at radius 3 is 2.56 bits per heavy atom. The number of aliphatic hydroxyl groups is 1. The van der Waals surface area contributed by atoms with E-state index in [-0.39, 0.29) is 18.4 Å². The van der Waals surface area contributed by atoms with Gasteiger partial charge in [0.15, 0.2) is 0 Å². The number of carbonyl (C=O) groups is 1. The fourth-order valence-electron chi connectivity index (χ4n) is 2.08. The predicted octanol–water partition coefficient (Wildman–Crippen LogP) is -0.371. The zero-order valence-electron chi connectivity index (χ0n) is 9.65. The van der Waals surface area contributed by atoms with Gasteiger partial charge in [-0.3, -0.25) is 4.79 Å². The van der Waals surface area contributed by atoms with Crippen LogP contribution in [0.5, 0.6) is 0 Å². The van der Waals surface area contributed by atoms with E-state index in [1.165, 1.54) is 0 Å². The van der Waals surface area contributed by atoms with Crippen LogP contribution in [-0.4, -0.2) is 43.4 Å². The number of hydrogen-bond donors (Lipinski definition) is 3. The highest BCUT2D eigenvalue weighted by Crippen LogP contribution is 2.23. The van der Waals surface area contributed by atoms with E-state index in [1.54, 1.807) is 0 Å². The van der Waals surface area contributed by atoms with Crippen molar-refractivity contribution < 1.29 is 14.6 Å². The van der Waals surface area contributed by atoms with Crippen molar-refractivity contribution in [3.05, 3.63) is 0 Å². The summed E-state index contributed by atoms with van der Waals surface area (Å²) >= 11 is 0. The Labute approximate surface area is 96.3 Å². The molecule has 5 nitrogen and oxygen atoms in total. The van der Waals surface area contributed by atoms with Gasteiger partial charge in [0.05, 0.1) is 19.8 Å². The van der Waals surface area contributed by atoms with Crippen molar-refractivity contribution in [3.8, 4) is 0 Å². The third kappa shape index (κ3) is 4.92. The van der Waals surface area contributed by atoms with Crippen LogP contribution in [0.3, 0.4) is 0 Å². The summed E-state index contributed by atoms with van der Waals surface area (Å²) < 4.78 is 5.15. The molecule has 0 atom stereocenters. The molecule has 0 aromatic heterocycles. The van der Waals surface area contributed by atoms with E-state index in [9.17, 15) is 4.79 Å². The molecule has 0 aliphatic heterocycles. The molecule has 1 saturated carbocycles. The van der Waals surface area contributed by atoms with Crippen LogP contribution in [0.25, 0.3) is 0 Å². The second-order valence-corrected chi connectivity index (χ2v) is 4.24. The van der Waals surface area contributed by atoms with Gasteiger partial charge in [-0.1, -0.05) is 0 Å². The first-order valence-electron chi connectivity index (χ1n) is 5.95. The minimum atomic E-state index is -0.162. The maximum Gasteiger partial charge on any atom is 0.220 e. The molecule has 1 rings (SSSR count). The van der Waals surface area contributed by atoms with Crippen LogP contribution < -0.4 is 11.1 Å². The van der Waals surface area contributed by atoms with Crippen molar-refractivity contribution in [2.75, 3.05) is 26.4 Å². The SMILES string of the molecule is NC(=O)C1CCC(NCCOCCO)CC1. The molecule has 4 N–H and O–H groups in total. The van der Waals surface area contributed by atoms with Gasteiger partial charge in [-0.05, 0) is 25.7 Å². The fraction of sp³-hybridized carbons (Fsp3) is 0.909. The maximum absolute atomic E-state index is 11.0. The van der Waals surface area contributed by atoms with E-state index in [1.807, 2.05) is 0 Å². The van der Waals surface area contributed by atoms with E-state index < -0.39 is 0 Å². The Bertz CT molecular complexity index is 203. The summed E-state index contributed by atoms with van der Waals surface area (Å²) in [6, 6.07) is 0.480. The number of carbonyl (C=O) groups excluding carboxylic acids is 1. The lowest BCUT2D eigenvalue weighted by atomic mass is 9.85. The number of amides is 1. The van der Waals surface area contributed by atoms with Gasteiger partial charge in [-0.15, -0.1) is 0 Å². The Hall–Kier alpha value is -0.650. The van der Waals surface area contributed by atoms with Crippen molar-refractivity contribution in [2.45, 2.75) is 31.7 Å². The molecule has 0 spiro atoms. The lowest BCUT2D eigenvalue weighted by Crippen LogP contribution is -2.38. The number of hydrogen-bond acceptors (Lipinski definition) is 4. The summed E-state index contributed by atoms with van der Waals surface area (Å²) in [5.74, 6) is -0.0894. The average Bonchev–Trinajstić information content (AvgIpc) is 2.29. The molecule has 1 fully saturated rings. The predicted molar refractivity (Wildman–Crippen MR) is 60.8 cm³/mol. The Morgan fingerprint density at radius 1 is 1.31 bits per heavy atom. The second-order valence-electron chi connectivity index (χ2n) is 4.24. The topological polar surface area (TPSA) is 84.6 Å². The first kappa shape index (κ1) is 13.4. The highest BCUT2D eigenvalue weighted by molar-refractivity contribution is 5.76. The highest BCUT2D eigenvalue weighted by Gasteiger charge is 2.23. The summed E-state index contributed by atoms with van der Waals surface area (Å²) in [5.41, 5.74) is 5.26. The Kier molecular flexibility index (Phi) is 6.37. The van der Waals surface area contributed by atoms with Crippen LogP contribution >= 0.6 is 0 Å². The van der Waals surface area contributed by atoms with Crippen LogP contribution in [0.4, 0.5) is 0 Å². The molecule has 0 saturated heterocycles. The van der Waals surface area contributed by atoms with Gasteiger partial charge in [0.25, 0.3) is 0 Å². The minimum absolute atomic E-state index is 0.0729. The average molecular weight is 230 g/mol. The van der Waals surface area contributed by atoms with Gasteiger partial charge < -0.3 is 20.9 Å². The summed E-state index contributed by atoms with van der Waals surface area (Å²) in [6.45, 7) is 1.89. The molecule has 5 heteroatoms. The number of aliphatic hydroxyl groups excluding tert-OH is 1. The van der Waals surface area contributed by atoms with Crippen molar-refractivity contribution in [1.29, 1.82) is 0 Å². The van der Waals surface area contributed by atoms with E-state index in [4.69, 9.17) is 15.6 Å². The first-order chi connectivity index (χ1) is 7.74. The van der Waals surface area contributed by atoms with E-state index in [2.05, 4.69) is 5.32 Å². The molecule has 1 aliphatic carbocycles. The molecule has 94 valence electrons. The molecule has 0 heterocycles. The number of ether oxygens (including phenoxy) is 1. The monoisotopic (exact) mass is 230 g/mol. The van der Waals surface area contributed by atoms with Crippen LogP contribution in [0, 0.1) is 5.92 Å². The van der Waals surface area contributed by atoms with Crippen LogP contribution in [-0.2, 0) is 9.53 Å². The highest BCUT2D eigenvalue weighted by atomic mass is 16.5. The third-order valence-electron chi connectivity index (χ3n) is 3.04. The van der Waals surface area contributed by atoms with Crippen molar-refractivity contribution in [3.63, 3.8) is 0 Å². The number of rotatable bonds is 7. The molecule has 1 aliphatic rings. The summed E-state index contributed by atoms with van der Waals surface area (Å²) in [7, 11) is 0. The van der Waals surface area contributed by atoms with Gasteiger partial charge >= 0.3 is 0 Å². The van der Waals surface area contributed by atoms with Crippen LogP contribution in [0.2, 0.25) is 0 Å². The molecule has 0 aromatic carbocycles. The van der Waals surface area contributed by atoms with E-state index >= 15 is 0 Å². The smallest absolute Gasteiger partial charge is 0.220 e. The summed E-state index contributed by atoms with van der Waals surface area (Å²) in [5, 5.41) is 11.9. The summed E-state index contributed by atoms with van der Waals surface area (Å²) in [4.78, 5) is 11.0. The van der Waals surface area contributed by atoms with E-state index in [0.29, 0.717) is 19.3 Å². The largest absolute Gasteiger partial charge is 0.394 e. The van der Waals surface area contributed by atoms with Crippen LogP contribution in [0.1, 0.15) is 25.7 Å². The minimum Gasteiger partial charge on any atom is -0.394 e. The van der Waals surface area contributed by atoms with Crippen LogP contribution in [0.15, 0.2) is 0 Å². The standard InChI is InChI=1S/C11H22N2O3/c12-11(15)9-1-3-10(4-2-9)13-5-7-16-8-6-14/h9-10,13-14H,1-8H2,(H2,12,15). The van der Waals surface area contributed by atoms with Gasteiger partial charge in [-0.2, -0.15) is 0 Å². The molecule has 0 unspecified atom stereocenters. The quantitative estimate of drug-likeness (QED) is 0.521. The molecule has 0 aromatic rings. The zero-order chi connectivity index (χ0) is 11.8. The van der Waals surface area contributed by atoms with E-state index in [0.717, 1.165) is 32.2 Å². The van der Waals surface area contributed by atoms with Gasteiger partial charge in [0.2, 0.25) is 5.91 Å². The molecule has 16 heavy (non-hydrogen) atoms. The third-order valence-corrected chi connectivity index (χ3v) is 3.04. The molecular weight excluding hydrogens is 208 g/mol. The number of primary amides is 1. The molecular formula is C11H22N2O3. The number of nitrogens with two attached hydrogens (primary N) is 1. The number of nitrogens with one attached hydrogen (secondary N) is 1. The summed E-state index contributed by atoms with van der Waals surface area (Å²) in [6.07, 6.45) is 3.80. The fourth-order valence-corrected chi connectivity index (χ4v) is 2.08. The molecule has 0 bridgehead atoms. The molecule has 1 amide bonds. The van der Waals surface area contributed by atoms with Crippen molar-refractivity contribution >= 4 is 5.91 Å². The zero-order valence-corrected chi connectivity index (χ0v) is 9.65. The van der Waals surface area contributed by atoms with Gasteiger partial charge in [0.1, 0.15) is 0 Å². The van der Waals surface area contributed by atoms with Crippen molar-refractivity contribution in [1.82, 2.24) is 5.32 Å².